The van der Waals surface area contributed by atoms with Gasteiger partial charge in [0.2, 0.25) is 0 Å². The first-order valence-corrected chi connectivity index (χ1v) is 9.76. The van der Waals surface area contributed by atoms with Crippen LogP contribution in [0.5, 0.6) is 11.5 Å². The van der Waals surface area contributed by atoms with E-state index in [1.165, 1.54) is 24.3 Å². The summed E-state index contributed by atoms with van der Waals surface area (Å²) in [5, 5.41) is 12.8. The summed E-state index contributed by atoms with van der Waals surface area (Å²) in [4.78, 5) is 27.0. The molecular formula is C17H17N2O7P. The highest BCUT2D eigenvalue weighted by atomic mass is 31.2. The van der Waals surface area contributed by atoms with Gasteiger partial charge in [-0.2, -0.15) is 0 Å². The number of carbonyl (C=O) groups is 1. The third-order valence-electron chi connectivity index (χ3n) is 3.94. The summed E-state index contributed by atoms with van der Waals surface area (Å²) in [5.41, 5.74) is -0.148. The molecule has 0 aliphatic heterocycles. The van der Waals surface area contributed by atoms with E-state index < -0.39 is 18.6 Å². The van der Waals surface area contributed by atoms with Gasteiger partial charge >= 0.3 is 13.7 Å². The van der Waals surface area contributed by atoms with Crippen LogP contribution in [0.15, 0.2) is 54.6 Å². The third-order valence-corrected chi connectivity index (χ3v) is 5.16. The predicted octanol–water partition coefficient (Wildman–Crippen LogP) is 4.01. The van der Waals surface area contributed by atoms with Gasteiger partial charge in [-0.25, -0.2) is 4.57 Å². The van der Waals surface area contributed by atoms with Gasteiger partial charge in [-0.15, -0.1) is 0 Å². The molecule has 2 aromatic rings. The van der Waals surface area contributed by atoms with Gasteiger partial charge in [-0.1, -0.05) is 24.6 Å². The third kappa shape index (κ3) is 5.06. The molecule has 142 valence electrons. The van der Waals surface area contributed by atoms with Crippen LogP contribution < -0.4 is 14.3 Å². The van der Waals surface area contributed by atoms with Crippen LogP contribution >= 0.6 is 7.75 Å². The van der Waals surface area contributed by atoms with Gasteiger partial charge in [-0.05, 0) is 42.4 Å². The summed E-state index contributed by atoms with van der Waals surface area (Å²) >= 11 is 0. The van der Waals surface area contributed by atoms with Crippen LogP contribution in [-0.4, -0.2) is 10.9 Å². The van der Waals surface area contributed by atoms with Gasteiger partial charge in [-0.3, -0.25) is 14.9 Å². The zero-order valence-corrected chi connectivity index (χ0v) is 15.0. The summed E-state index contributed by atoms with van der Waals surface area (Å²) < 4.78 is 23.8. The molecule has 3 rings (SSSR count). The van der Waals surface area contributed by atoms with Crippen LogP contribution in [0, 0.1) is 16.0 Å². The van der Waals surface area contributed by atoms with Crippen molar-refractivity contribution in [1.29, 1.82) is 0 Å². The highest BCUT2D eigenvalue weighted by Crippen LogP contribution is 2.45. The van der Waals surface area contributed by atoms with Crippen molar-refractivity contribution < 1.29 is 28.2 Å². The summed E-state index contributed by atoms with van der Waals surface area (Å²) in [6.07, 6.45) is 2.37. The number of carbonyl (C=O) groups excluding carboxylic acids is 1. The van der Waals surface area contributed by atoms with Crippen LogP contribution in [-0.2, 0) is 14.2 Å². The minimum atomic E-state index is -4.14. The molecule has 1 aliphatic carbocycles. The lowest BCUT2D eigenvalue weighted by Crippen LogP contribution is -2.30. The molecular weight excluding hydrogens is 375 g/mol. The quantitative estimate of drug-likeness (QED) is 0.407. The number of benzene rings is 2. The number of rotatable bonds is 8. The Morgan fingerprint density at radius 3 is 2.15 bits per heavy atom. The maximum absolute atomic E-state index is 13.0. The highest BCUT2D eigenvalue weighted by Gasteiger charge is 2.34. The number of non-ortho nitro benzene ring substituents is 1. The molecule has 1 saturated carbocycles. The SMILES string of the molecule is O=C(ONP(=O)(Oc1ccccc1)Oc1ccc([N+](=O)[O-])cc1)C1CCC1. The minimum Gasteiger partial charge on any atom is -0.403 e. The first-order valence-electron chi connectivity index (χ1n) is 8.22. The monoisotopic (exact) mass is 392 g/mol. The Morgan fingerprint density at radius 1 is 1.04 bits per heavy atom. The van der Waals surface area contributed by atoms with E-state index in [2.05, 4.69) is 5.25 Å². The van der Waals surface area contributed by atoms with Crippen molar-refractivity contribution in [3.05, 3.63) is 64.7 Å². The average Bonchev–Trinajstić information content (AvgIpc) is 2.60. The highest BCUT2D eigenvalue weighted by molar-refractivity contribution is 7.52. The molecule has 1 aliphatic rings. The molecule has 0 bridgehead atoms. The van der Waals surface area contributed by atoms with Crippen LogP contribution in [0.3, 0.4) is 0 Å². The second kappa shape index (κ2) is 8.20. The molecule has 27 heavy (non-hydrogen) atoms. The molecule has 1 fully saturated rings. The molecule has 1 atom stereocenters. The van der Waals surface area contributed by atoms with Crippen molar-refractivity contribution in [2.75, 3.05) is 0 Å². The minimum absolute atomic E-state index is 0.0482. The lowest BCUT2D eigenvalue weighted by Gasteiger charge is -2.24. The van der Waals surface area contributed by atoms with Crippen molar-refractivity contribution in [1.82, 2.24) is 5.25 Å². The van der Waals surface area contributed by atoms with Crippen LogP contribution in [0.1, 0.15) is 19.3 Å². The number of hydrogen-bond donors (Lipinski definition) is 1. The fourth-order valence-electron chi connectivity index (χ4n) is 2.27. The van der Waals surface area contributed by atoms with E-state index in [1.54, 1.807) is 30.3 Å². The van der Waals surface area contributed by atoms with E-state index in [1.807, 2.05) is 0 Å². The summed E-state index contributed by atoms with van der Waals surface area (Å²) in [5.74, 6) is -0.491. The first-order chi connectivity index (χ1) is 13.0. The standard InChI is InChI=1S/C17H17N2O7P/c20-17(13-5-4-6-13)24-18-27(23,25-15-7-2-1-3-8-15)26-16-11-9-14(10-12-16)19(21)22/h1-3,7-13H,4-6H2,(H,18,23). The maximum atomic E-state index is 13.0. The molecule has 9 nitrogen and oxygen atoms in total. The topological polar surface area (TPSA) is 117 Å². The van der Waals surface area contributed by atoms with Gasteiger partial charge in [0.15, 0.2) is 0 Å². The molecule has 0 aromatic heterocycles. The van der Waals surface area contributed by atoms with Crippen molar-refractivity contribution in [3.63, 3.8) is 0 Å². The van der Waals surface area contributed by atoms with E-state index in [-0.39, 0.29) is 23.1 Å². The smallest absolute Gasteiger partial charge is 0.403 e. The lowest BCUT2D eigenvalue weighted by molar-refractivity contribution is -0.384. The van der Waals surface area contributed by atoms with Crippen molar-refractivity contribution >= 4 is 19.4 Å². The molecule has 1 unspecified atom stereocenters. The van der Waals surface area contributed by atoms with E-state index in [4.69, 9.17) is 13.9 Å². The van der Waals surface area contributed by atoms with Gasteiger partial charge in [0.05, 0.1) is 10.8 Å². The Bertz CT molecular complexity index is 853. The second-order valence-electron chi connectivity index (χ2n) is 5.88. The van der Waals surface area contributed by atoms with E-state index in [0.717, 1.165) is 6.42 Å². The Balaban J connectivity index is 1.74. The number of para-hydroxylation sites is 1. The molecule has 0 saturated heterocycles. The number of hydrogen-bond acceptors (Lipinski definition) is 7. The largest absolute Gasteiger partial charge is 0.546 e. The van der Waals surface area contributed by atoms with Crippen molar-refractivity contribution in [2.45, 2.75) is 19.3 Å². The number of nitrogens with one attached hydrogen (secondary N) is 1. The van der Waals surface area contributed by atoms with Crippen LogP contribution in [0.4, 0.5) is 5.69 Å². The first kappa shape index (κ1) is 18.9. The molecule has 0 spiro atoms. The molecule has 1 N–H and O–H groups in total. The summed E-state index contributed by atoms with van der Waals surface area (Å²) in [7, 11) is -4.14. The zero-order chi connectivity index (χ0) is 19.3. The molecule has 0 heterocycles. The van der Waals surface area contributed by atoms with Crippen molar-refractivity contribution in [2.24, 2.45) is 5.92 Å². The van der Waals surface area contributed by atoms with Crippen LogP contribution in [0.2, 0.25) is 0 Å². The van der Waals surface area contributed by atoms with Gasteiger partial charge in [0.1, 0.15) is 11.5 Å². The lowest BCUT2D eigenvalue weighted by atomic mass is 9.86. The molecule has 0 amide bonds. The van der Waals surface area contributed by atoms with Gasteiger partial charge < -0.3 is 13.9 Å². The number of nitro groups is 1. The van der Waals surface area contributed by atoms with E-state index in [0.29, 0.717) is 12.8 Å². The molecule has 0 radical (unpaired) electrons. The number of nitro benzene ring substituents is 1. The summed E-state index contributed by atoms with van der Waals surface area (Å²) in [6, 6.07) is 13.1. The Hall–Kier alpha value is -2.90. The Kier molecular flexibility index (Phi) is 5.73. The van der Waals surface area contributed by atoms with Crippen LogP contribution in [0.25, 0.3) is 0 Å². The Morgan fingerprint density at radius 2 is 1.63 bits per heavy atom. The average molecular weight is 392 g/mol. The summed E-state index contributed by atoms with van der Waals surface area (Å²) in [6.45, 7) is 0. The molecule has 2 aromatic carbocycles. The van der Waals surface area contributed by atoms with E-state index in [9.17, 15) is 19.5 Å². The second-order valence-corrected chi connectivity index (χ2v) is 7.43. The predicted molar refractivity (Wildman–Crippen MR) is 95.0 cm³/mol. The molecule has 10 heteroatoms. The normalized spacial score (nSPS) is 15.9. The maximum Gasteiger partial charge on any atom is 0.546 e. The van der Waals surface area contributed by atoms with Crippen molar-refractivity contribution in [3.8, 4) is 11.5 Å². The fourth-order valence-corrected chi connectivity index (χ4v) is 3.38. The number of nitrogens with zero attached hydrogens (tertiary/aromatic N) is 1. The zero-order valence-electron chi connectivity index (χ0n) is 14.1. The Labute approximate surface area is 154 Å². The van der Waals surface area contributed by atoms with Gasteiger partial charge in [0, 0.05) is 12.1 Å². The fraction of sp³-hybridized carbons (Fsp3) is 0.235. The van der Waals surface area contributed by atoms with Gasteiger partial charge in [0.25, 0.3) is 5.69 Å². The van der Waals surface area contributed by atoms with E-state index >= 15 is 0 Å².